The van der Waals surface area contributed by atoms with Crippen LogP contribution in [0.25, 0.3) is 22.8 Å². The van der Waals surface area contributed by atoms with Gasteiger partial charge < -0.3 is 0 Å². The number of hydrogen-bond acceptors (Lipinski definition) is 5. The number of allylic oxidation sites excluding steroid dienone is 7. The van der Waals surface area contributed by atoms with Crippen molar-refractivity contribution in [2.75, 3.05) is 5.75 Å². The Balaban J connectivity index is 1.20. The number of nitrogens with zero attached hydrogens (tertiary/aromatic N) is 4. The summed E-state index contributed by atoms with van der Waals surface area (Å²) in [5, 5.41) is 7.37. The maximum absolute atomic E-state index is 12.9. The van der Waals surface area contributed by atoms with Crippen LogP contribution >= 0.6 is 11.3 Å². The molecule has 0 amide bonds. The van der Waals surface area contributed by atoms with Gasteiger partial charge in [0.25, 0.3) is 0 Å². The molecule has 1 unspecified atom stereocenters. The fraction of sp³-hybridized carbons (Fsp3) is 0.182. The second kappa shape index (κ2) is 13.1. The Kier molecular flexibility index (Phi) is 9.14. The summed E-state index contributed by atoms with van der Waals surface area (Å²) in [7, 11) is 0.675. The average molecular weight is 580 g/mol. The Bertz CT molecular complexity index is 1710. The molecule has 0 bridgehead atoms. The molecular formula is C33H33N5OS2. The highest BCUT2D eigenvalue weighted by molar-refractivity contribution is 7.83. The van der Waals surface area contributed by atoms with E-state index in [-0.39, 0.29) is 0 Å². The zero-order chi connectivity index (χ0) is 28.8. The minimum Gasteiger partial charge on any atom is -0.275 e. The van der Waals surface area contributed by atoms with E-state index in [2.05, 4.69) is 53.7 Å². The Morgan fingerprint density at radius 2 is 2.00 bits per heavy atom. The van der Waals surface area contributed by atoms with E-state index >= 15 is 0 Å². The number of fused-ring (bicyclic) bond motifs is 1. The molecule has 6 nitrogen and oxygen atoms in total. The first kappa shape index (κ1) is 28.5. The molecule has 0 radical (unpaired) electrons. The standard InChI is InChI=1S/C33H33N5OS2/c1-5-25(22-41(39)36-19-30-21-40-33(37-30)15-26-9-7-6-8-10-26)11-12-27-13-14-32-31(24(3)23(27)2)16-28(17-34-32)29-18-35-38(4)20-29/h5-14,16-18,20-21,36H,3,15,19,22H2,1-2,4H3/b12-11-,25-5+. The van der Waals surface area contributed by atoms with E-state index < -0.39 is 11.0 Å². The smallest absolute Gasteiger partial charge is 0.0972 e. The van der Waals surface area contributed by atoms with E-state index in [0.717, 1.165) is 61.8 Å². The molecule has 0 saturated heterocycles. The van der Waals surface area contributed by atoms with E-state index in [9.17, 15) is 4.21 Å². The Morgan fingerprint density at radius 3 is 2.76 bits per heavy atom. The lowest BCUT2D eigenvalue weighted by Gasteiger charge is -2.11. The van der Waals surface area contributed by atoms with Crippen LogP contribution in [0, 0.1) is 0 Å². The molecule has 41 heavy (non-hydrogen) atoms. The minimum atomic E-state index is -1.23. The molecule has 8 heteroatoms. The van der Waals surface area contributed by atoms with E-state index in [1.807, 2.05) is 74.4 Å². The number of aryl methyl sites for hydroxylation is 1. The maximum Gasteiger partial charge on any atom is 0.0972 e. The lowest BCUT2D eigenvalue weighted by molar-refractivity contribution is 0.672. The van der Waals surface area contributed by atoms with Crippen molar-refractivity contribution in [2.24, 2.45) is 7.05 Å². The molecule has 1 aromatic carbocycles. The van der Waals surface area contributed by atoms with Crippen molar-refractivity contribution in [3.8, 4) is 11.1 Å². The number of nitrogens with one attached hydrogen (secondary N) is 1. The van der Waals surface area contributed by atoms with Gasteiger partial charge in [0.2, 0.25) is 0 Å². The highest BCUT2D eigenvalue weighted by Crippen LogP contribution is 2.33. The Labute approximate surface area is 248 Å². The van der Waals surface area contributed by atoms with Crippen molar-refractivity contribution >= 4 is 34.0 Å². The van der Waals surface area contributed by atoms with Crippen molar-refractivity contribution in [1.82, 2.24) is 24.5 Å². The molecule has 0 aliphatic heterocycles. The molecular weight excluding hydrogens is 547 g/mol. The molecule has 1 aliphatic rings. The Hall–Kier alpha value is -3.98. The third-order valence-electron chi connectivity index (χ3n) is 6.95. The Morgan fingerprint density at radius 1 is 1.17 bits per heavy atom. The lowest BCUT2D eigenvalue weighted by Crippen LogP contribution is -2.20. The fourth-order valence-corrected chi connectivity index (χ4v) is 6.30. The quantitative estimate of drug-likeness (QED) is 0.209. The van der Waals surface area contributed by atoms with Crippen molar-refractivity contribution in [2.45, 2.75) is 26.8 Å². The highest BCUT2D eigenvalue weighted by atomic mass is 32.2. The largest absolute Gasteiger partial charge is 0.275 e. The van der Waals surface area contributed by atoms with Crippen LogP contribution in [0.1, 0.15) is 41.4 Å². The average Bonchev–Trinajstić information content (AvgIpc) is 3.61. The number of aromatic nitrogens is 4. The van der Waals surface area contributed by atoms with Gasteiger partial charge in [-0.15, -0.1) is 11.3 Å². The minimum absolute atomic E-state index is 0.404. The first-order chi connectivity index (χ1) is 19.9. The first-order valence-electron chi connectivity index (χ1n) is 13.4. The summed E-state index contributed by atoms with van der Waals surface area (Å²) in [5.41, 5.74) is 10.1. The zero-order valence-corrected chi connectivity index (χ0v) is 25.1. The molecule has 4 aromatic rings. The number of thiazole rings is 1. The van der Waals surface area contributed by atoms with Gasteiger partial charge >= 0.3 is 0 Å². The lowest BCUT2D eigenvalue weighted by atomic mass is 9.95. The van der Waals surface area contributed by atoms with Gasteiger partial charge in [0.15, 0.2) is 0 Å². The van der Waals surface area contributed by atoms with Gasteiger partial charge in [-0.25, -0.2) is 13.9 Å². The van der Waals surface area contributed by atoms with Gasteiger partial charge in [0, 0.05) is 47.9 Å². The molecule has 3 heterocycles. The monoisotopic (exact) mass is 579 g/mol. The van der Waals surface area contributed by atoms with Crippen molar-refractivity contribution in [3.05, 3.63) is 135 Å². The normalized spacial score (nSPS) is 14.5. The number of benzene rings is 1. The number of hydrogen-bond donors (Lipinski definition) is 1. The van der Waals surface area contributed by atoms with E-state index in [1.54, 1.807) is 16.0 Å². The van der Waals surface area contributed by atoms with Gasteiger partial charge in [-0.1, -0.05) is 61.2 Å². The number of rotatable bonds is 10. The van der Waals surface area contributed by atoms with E-state index in [0.29, 0.717) is 12.3 Å². The van der Waals surface area contributed by atoms with E-state index in [1.165, 1.54) is 5.56 Å². The van der Waals surface area contributed by atoms with Crippen LogP contribution in [-0.2, 0) is 31.0 Å². The highest BCUT2D eigenvalue weighted by Gasteiger charge is 2.15. The molecule has 0 saturated carbocycles. The van der Waals surface area contributed by atoms with Crippen molar-refractivity contribution in [1.29, 1.82) is 0 Å². The van der Waals surface area contributed by atoms with Crippen LogP contribution in [0.15, 0.2) is 108 Å². The third kappa shape index (κ3) is 7.21. The van der Waals surface area contributed by atoms with Crippen LogP contribution < -0.4 is 4.72 Å². The molecule has 1 aliphatic carbocycles. The fourth-order valence-electron chi connectivity index (χ4n) is 4.49. The zero-order valence-electron chi connectivity index (χ0n) is 23.5. The van der Waals surface area contributed by atoms with Gasteiger partial charge in [0.1, 0.15) is 0 Å². The summed E-state index contributed by atoms with van der Waals surface area (Å²) < 4.78 is 17.8. The molecule has 5 rings (SSSR count). The molecule has 0 fully saturated rings. The summed E-state index contributed by atoms with van der Waals surface area (Å²) in [6.45, 7) is 8.90. The van der Waals surface area contributed by atoms with Gasteiger partial charge in [0.05, 0.1) is 45.9 Å². The SMILES string of the molecule is C=C1C(C)=C(/C=C\C(=C/C)CS(=O)NCc2csc(Cc3ccccc3)n2)C=Cc2ncc(-c3cnn(C)c3)cc21. The van der Waals surface area contributed by atoms with Crippen LogP contribution in [0.2, 0.25) is 0 Å². The van der Waals surface area contributed by atoms with E-state index in [4.69, 9.17) is 9.97 Å². The summed E-state index contributed by atoms with van der Waals surface area (Å²) in [4.78, 5) is 9.40. The second-order valence-corrected chi connectivity index (χ2v) is 12.1. The number of pyridine rings is 1. The predicted molar refractivity (Wildman–Crippen MR) is 171 cm³/mol. The molecule has 1 N–H and O–H groups in total. The summed E-state index contributed by atoms with van der Waals surface area (Å²) in [5.74, 6) is 0.404. The van der Waals surface area contributed by atoms with Crippen LogP contribution in [0.4, 0.5) is 0 Å². The van der Waals surface area contributed by atoms with Crippen LogP contribution in [-0.4, -0.2) is 29.7 Å². The molecule has 0 spiro atoms. The van der Waals surface area contributed by atoms with Gasteiger partial charge in [-0.05, 0) is 53.8 Å². The topological polar surface area (TPSA) is 72.7 Å². The van der Waals surface area contributed by atoms with Gasteiger partial charge in [-0.3, -0.25) is 9.67 Å². The molecule has 3 aromatic heterocycles. The second-order valence-electron chi connectivity index (χ2n) is 9.85. The van der Waals surface area contributed by atoms with Crippen molar-refractivity contribution in [3.63, 3.8) is 0 Å². The third-order valence-corrected chi connectivity index (χ3v) is 8.91. The van der Waals surface area contributed by atoms with Crippen LogP contribution in [0.5, 0.6) is 0 Å². The molecule has 1 atom stereocenters. The predicted octanol–water partition coefficient (Wildman–Crippen LogP) is 6.84. The van der Waals surface area contributed by atoms with Crippen molar-refractivity contribution < 1.29 is 4.21 Å². The molecule has 208 valence electrons. The summed E-state index contributed by atoms with van der Waals surface area (Å²) in [6, 6.07) is 12.4. The van der Waals surface area contributed by atoms with Gasteiger partial charge in [-0.2, -0.15) is 5.10 Å². The summed E-state index contributed by atoms with van der Waals surface area (Å²) >= 11 is 1.64. The van der Waals surface area contributed by atoms with Crippen LogP contribution in [0.3, 0.4) is 0 Å². The maximum atomic E-state index is 12.9. The summed E-state index contributed by atoms with van der Waals surface area (Å²) in [6.07, 6.45) is 16.7. The first-order valence-corrected chi connectivity index (χ1v) is 15.6.